The Balaban J connectivity index is 1.54. The van der Waals surface area contributed by atoms with Crippen LogP contribution >= 0.6 is 15.9 Å². The van der Waals surface area contributed by atoms with Crippen LogP contribution in [0.3, 0.4) is 0 Å². The predicted molar refractivity (Wildman–Crippen MR) is 158 cm³/mol. The number of rotatable bonds is 9. The Morgan fingerprint density at radius 1 is 1.05 bits per heavy atom. The molecule has 0 aliphatic carbocycles. The first-order valence-corrected chi connectivity index (χ1v) is 14.9. The number of halogens is 2. The van der Waals surface area contributed by atoms with E-state index in [4.69, 9.17) is 10.5 Å². The van der Waals surface area contributed by atoms with E-state index in [0.29, 0.717) is 31.0 Å². The van der Waals surface area contributed by atoms with E-state index in [1.165, 1.54) is 18.2 Å². The highest BCUT2D eigenvalue weighted by Gasteiger charge is 2.37. The van der Waals surface area contributed by atoms with Crippen LogP contribution in [0.2, 0.25) is 0 Å². The van der Waals surface area contributed by atoms with Gasteiger partial charge in [0.05, 0.1) is 16.5 Å². The van der Waals surface area contributed by atoms with Gasteiger partial charge in [0.25, 0.3) is 15.9 Å². The lowest BCUT2D eigenvalue weighted by Gasteiger charge is -2.24. The van der Waals surface area contributed by atoms with Gasteiger partial charge >= 0.3 is 0 Å². The molecule has 1 aromatic heterocycles. The number of sulfonamides is 1. The molecule has 5 rings (SSSR count). The molecule has 0 bridgehead atoms. The van der Waals surface area contributed by atoms with Crippen molar-refractivity contribution in [2.45, 2.75) is 30.9 Å². The molecule has 210 valence electrons. The summed E-state index contributed by atoms with van der Waals surface area (Å²) in [7, 11) is -4.42. The van der Waals surface area contributed by atoms with Gasteiger partial charge < -0.3 is 10.5 Å². The summed E-state index contributed by atoms with van der Waals surface area (Å²) in [4.78, 5) is 13.7. The number of nitrogens with one attached hydrogen (secondary N) is 1. The zero-order valence-corrected chi connectivity index (χ0v) is 24.3. The second-order valence-electron chi connectivity index (χ2n) is 9.50. The number of amides is 1. The summed E-state index contributed by atoms with van der Waals surface area (Å²) in [5.41, 5.74) is 8.76. The Labute approximate surface area is 245 Å². The van der Waals surface area contributed by atoms with E-state index in [1.54, 1.807) is 42.5 Å². The zero-order valence-electron chi connectivity index (χ0n) is 21.9. The molecule has 0 aliphatic rings. The molecule has 3 N–H and O–H groups in total. The van der Waals surface area contributed by atoms with Crippen LogP contribution in [-0.4, -0.2) is 30.6 Å². The maximum atomic E-state index is 14.3. The molecule has 1 heterocycles. The highest BCUT2D eigenvalue weighted by molar-refractivity contribution is 9.10. The maximum absolute atomic E-state index is 14.3. The molecule has 8 nitrogen and oxygen atoms in total. The number of aryl methyl sites for hydroxylation is 1. The molecular weight excluding hydrogens is 611 g/mol. The van der Waals surface area contributed by atoms with Gasteiger partial charge in [-0.1, -0.05) is 70.0 Å². The highest BCUT2D eigenvalue weighted by atomic mass is 79.9. The van der Waals surface area contributed by atoms with Crippen LogP contribution in [0.25, 0.3) is 10.9 Å². The van der Waals surface area contributed by atoms with Gasteiger partial charge in [-0.15, -0.1) is 0 Å². The van der Waals surface area contributed by atoms with Crippen molar-refractivity contribution in [3.8, 4) is 5.75 Å². The number of carbonyl (C=O) groups excluding carboxylic acids is 1. The zero-order chi connectivity index (χ0) is 29.1. The first-order valence-electron chi connectivity index (χ1n) is 12.6. The maximum Gasteiger partial charge on any atom is 0.272 e. The molecule has 1 atom stereocenters. The quantitative estimate of drug-likeness (QED) is 0.216. The summed E-state index contributed by atoms with van der Waals surface area (Å²) in [5.74, 6) is -1.09. The fourth-order valence-electron chi connectivity index (χ4n) is 4.28. The van der Waals surface area contributed by atoms with Crippen molar-refractivity contribution in [1.82, 2.24) is 10.2 Å². The van der Waals surface area contributed by atoms with E-state index < -0.39 is 27.8 Å². The number of hydrogen-bond acceptors (Lipinski definition) is 6. The second kappa shape index (κ2) is 11.8. The smallest absolute Gasteiger partial charge is 0.272 e. The topological polar surface area (TPSA) is 118 Å². The average Bonchev–Trinajstić information content (AvgIpc) is 3.36. The number of hydrogen-bond donors (Lipinski definition) is 2. The molecular formula is C30H26BrFN4O4S. The molecule has 4 aromatic carbocycles. The number of aromatic amines is 1. The monoisotopic (exact) mass is 636 g/mol. The minimum absolute atomic E-state index is 0.0654. The lowest BCUT2D eigenvalue weighted by atomic mass is 10.1. The van der Waals surface area contributed by atoms with Crippen molar-refractivity contribution >= 4 is 48.6 Å². The third kappa shape index (κ3) is 6.17. The van der Waals surface area contributed by atoms with Crippen LogP contribution < -0.4 is 14.8 Å². The number of carbonyl (C=O) groups is 1. The van der Waals surface area contributed by atoms with Crippen molar-refractivity contribution in [1.29, 1.82) is 0 Å². The molecule has 0 saturated carbocycles. The summed E-state index contributed by atoms with van der Waals surface area (Å²) in [6, 6.07) is 23.6. The van der Waals surface area contributed by atoms with Gasteiger partial charge in [0.1, 0.15) is 18.2 Å². The van der Waals surface area contributed by atoms with Crippen molar-refractivity contribution < 1.29 is 22.3 Å². The molecule has 0 unspecified atom stereocenters. The minimum Gasteiger partial charge on any atom is -0.489 e. The fraction of sp³-hybridized carbons (Fsp3) is 0.133. The Morgan fingerprint density at radius 3 is 2.49 bits per heavy atom. The van der Waals surface area contributed by atoms with Crippen molar-refractivity contribution in [2.24, 2.45) is 5.73 Å². The molecule has 5 aromatic rings. The number of benzene rings is 4. The first kappa shape index (κ1) is 28.5. The Morgan fingerprint density at radius 2 is 1.78 bits per heavy atom. The van der Waals surface area contributed by atoms with Crippen molar-refractivity contribution in [3.05, 3.63) is 118 Å². The van der Waals surface area contributed by atoms with E-state index >= 15 is 0 Å². The van der Waals surface area contributed by atoms with E-state index in [0.717, 1.165) is 11.1 Å². The van der Waals surface area contributed by atoms with Gasteiger partial charge in [0, 0.05) is 15.4 Å². The number of H-pyrrole nitrogens is 1. The summed E-state index contributed by atoms with van der Waals surface area (Å²) in [6.07, 6.45) is 0.120. The molecule has 0 radical (unpaired) electrons. The van der Waals surface area contributed by atoms with Crippen LogP contribution in [-0.2, 0) is 27.8 Å². The molecule has 0 saturated heterocycles. The highest BCUT2D eigenvalue weighted by Crippen LogP contribution is 2.33. The average molecular weight is 638 g/mol. The van der Waals surface area contributed by atoms with E-state index in [9.17, 15) is 17.6 Å². The Hall–Kier alpha value is -4.06. The van der Waals surface area contributed by atoms with Gasteiger partial charge in [0.2, 0.25) is 0 Å². The molecule has 0 spiro atoms. The van der Waals surface area contributed by atoms with E-state index in [2.05, 4.69) is 26.1 Å². The van der Waals surface area contributed by atoms with Crippen LogP contribution in [0.5, 0.6) is 5.75 Å². The van der Waals surface area contributed by atoms with Crippen LogP contribution in [0.15, 0.2) is 100 Å². The summed E-state index contributed by atoms with van der Waals surface area (Å²) in [6.45, 7) is 1.77. The largest absolute Gasteiger partial charge is 0.489 e. The number of nitrogens with two attached hydrogens (primary N) is 1. The van der Waals surface area contributed by atoms with Crippen LogP contribution in [0.4, 0.5) is 10.2 Å². The van der Waals surface area contributed by atoms with Gasteiger partial charge in [0.15, 0.2) is 5.82 Å². The van der Waals surface area contributed by atoms with Crippen molar-refractivity contribution in [3.63, 3.8) is 0 Å². The Kier molecular flexibility index (Phi) is 8.20. The number of nitrogens with zero attached hydrogens (tertiary/aromatic N) is 2. The van der Waals surface area contributed by atoms with E-state index in [-0.39, 0.29) is 23.7 Å². The minimum atomic E-state index is -4.42. The summed E-state index contributed by atoms with van der Waals surface area (Å²) in [5, 5.41) is 7.33. The van der Waals surface area contributed by atoms with Gasteiger partial charge in [-0.3, -0.25) is 9.89 Å². The second-order valence-corrected chi connectivity index (χ2v) is 12.2. The molecule has 0 fully saturated rings. The summed E-state index contributed by atoms with van der Waals surface area (Å²) < 4.78 is 49.3. The lowest BCUT2D eigenvalue weighted by Crippen LogP contribution is -2.48. The normalized spacial score (nSPS) is 12.3. The summed E-state index contributed by atoms with van der Waals surface area (Å²) >= 11 is 3.23. The van der Waals surface area contributed by atoms with Crippen molar-refractivity contribution in [2.75, 3.05) is 4.31 Å². The number of aromatic nitrogens is 2. The predicted octanol–water partition coefficient (Wildman–Crippen LogP) is 5.64. The van der Waals surface area contributed by atoms with Crippen LogP contribution in [0.1, 0.15) is 16.7 Å². The van der Waals surface area contributed by atoms with Gasteiger partial charge in [-0.05, 0) is 61.4 Å². The standard InChI is InChI=1S/C30H26BrFN4O4S/c1-19-7-12-24(13-8-19)41(38,39)36(30(37)27(33)15-20-5-3-2-4-6-20)29-25-17-23(11-14-28(25)34-35-29)40-18-21-9-10-22(31)16-26(21)32/h2-14,16-17,27H,15,18,33H2,1H3,(H,34,35)/t27-/m0/s1. The fourth-order valence-corrected chi connectivity index (χ4v) is 6.05. The van der Waals surface area contributed by atoms with Crippen LogP contribution in [0, 0.1) is 12.7 Å². The lowest BCUT2D eigenvalue weighted by molar-refractivity contribution is -0.118. The molecule has 1 amide bonds. The van der Waals surface area contributed by atoms with E-state index in [1.807, 2.05) is 37.3 Å². The third-order valence-electron chi connectivity index (χ3n) is 6.49. The number of ether oxygens (including phenoxy) is 1. The molecule has 11 heteroatoms. The molecule has 0 aliphatic heterocycles. The van der Waals surface area contributed by atoms with Gasteiger partial charge in [-0.25, -0.2) is 12.8 Å². The van der Waals surface area contributed by atoms with Gasteiger partial charge in [-0.2, -0.15) is 9.40 Å². The molecule has 41 heavy (non-hydrogen) atoms. The number of anilines is 1. The SMILES string of the molecule is Cc1ccc(S(=O)(=O)N(C(=O)[C@@H](N)Cc2ccccc2)c2n[nH]c3ccc(OCc4ccc(Br)cc4F)cc23)cc1. The first-order chi connectivity index (χ1) is 19.6. The Bertz CT molecular complexity index is 1810. The number of fused-ring (bicyclic) bond motifs is 1. The third-order valence-corrected chi connectivity index (χ3v) is 8.69.